The molecule has 0 bridgehead atoms. The van der Waals surface area contributed by atoms with Crippen molar-refractivity contribution in [3.05, 3.63) is 71.3 Å². The summed E-state index contributed by atoms with van der Waals surface area (Å²) in [6, 6.07) is 15.7. The summed E-state index contributed by atoms with van der Waals surface area (Å²) in [6.07, 6.45) is 0.581. The Morgan fingerprint density at radius 1 is 1.00 bits per heavy atom. The molecule has 5 nitrogen and oxygen atoms in total. The van der Waals surface area contributed by atoms with Gasteiger partial charge in [-0.1, -0.05) is 54.6 Å². The SMILES string of the molecule is O=C(O)C1=CCN(C(=O)OC2c3ccccc3-c3ccccc32)C1. The van der Waals surface area contributed by atoms with E-state index in [1.807, 2.05) is 48.5 Å². The number of fused-ring (bicyclic) bond motifs is 3. The van der Waals surface area contributed by atoms with Crippen molar-refractivity contribution in [2.24, 2.45) is 0 Å². The lowest BCUT2D eigenvalue weighted by atomic mass is 10.1. The van der Waals surface area contributed by atoms with Crippen molar-refractivity contribution in [2.75, 3.05) is 13.1 Å². The molecule has 5 heteroatoms. The van der Waals surface area contributed by atoms with Crippen molar-refractivity contribution in [3.63, 3.8) is 0 Å². The van der Waals surface area contributed by atoms with Crippen LogP contribution in [0.3, 0.4) is 0 Å². The van der Waals surface area contributed by atoms with E-state index in [4.69, 9.17) is 9.84 Å². The Morgan fingerprint density at radius 3 is 2.12 bits per heavy atom. The van der Waals surface area contributed by atoms with Crippen LogP contribution in [-0.4, -0.2) is 35.2 Å². The second kappa shape index (κ2) is 5.53. The van der Waals surface area contributed by atoms with Crippen LogP contribution in [0.15, 0.2) is 60.2 Å². The summed E-state index contributed by atoms with van der Waals surface area (Å²) in [5, 5.41) is 9.01. The van der Waals surface area contributed by atoms with Gasteiger partial charge in [-0.2, -0.15) is 0 Å². The Kier molecular flexibility index (Phi) is 3.34. The molecule has 0 saturated heterocycles. The van der Waals surface area contributed by atoms with Crippen LogP contribution >= 0.6 is 0 Å². The van der Waals surface area contributed by atoms with Crippen LogP contribution in [0.4, 0.5) is 4.79 Å². The van der Waals surface area contributed by atoms with Crippen LogP contribution in [0, 0.1) is 0 Å². The normalized spacial score (nSPS) is 15.7. The third kappa shape index (κ3) is 2.25. The molecular formula is C19H15NO4. The molecule has 1 N–H and O–H groups in total. The molecule has 0 aromatic heterocycles. The maximum Gasteiger partial charge on any atom is 0.411 e. The summed E-state index contributed by atoms with van der Waals surface area (Å²) in [4.78, 5) is 24.9. The van der Waals surface area contributed by atoms with E-state index < -0.39 is 18.2 Å². The molecule has 0 spiro atoms. The summed E-state index contributed by atoms with van der Waals surface area (Å²) < 4.78 is 5.74. The van der Waals surface area contributed by atoms with E-state index in [-0.39, 0.29) is 18.7 Å². The molecule has 1 heterocycles. The molecule has 0 radical (unpaired) electrons. The fourth-order valence-electron chi connectivity index (χ4n) is 3.26. The molecule has 120 valence electrons. The lowest BCUT2D eigenvalue weighted by molar-refractivity contribution is -0.132. The highest BCUT2D eigenvalue weighted by Gasteiger charge is 2.33. The smallest absolute Gasteiger partial charge is 0.411 e. The van der Waals surface area contributed by atoms with Gasteiger partial charge in [0.15, 0.2) is 6.10 Å². The van der Waals surface area contributed by atoms with Crippen LogP contribution in [0.2, 0.25) is 0 Å². The number of carboxylic acids is 1. The van der Waals surface area contributed by atoms with E-state index in [0.717, 1.165) is 22.3 Å². The van der Waals surface area contributed by atoms with E-state index in [2.05, 4.69) is 0 Å². The van der Waals surface area contributed by atoms with Gasteiger partial charge in [0.1, 0.15) is 0 Å². The molecule has 1 aliphatic carbocycles. The second-order valence-electron chi connectivity index (χ2n) is 5.85. The fourth-order valence-corrected chi connectivity index (χ4v) is 3.26. The van der Waals surface area contributed by atoms with Crippen LogP contribution < -0.4 is 0 Å². The molecule has 0 saturated carbocycles. The summed E-state index contributed by atoms with van der Waals surface area (Å²) in [5.41, 5.74) is 4.27. The first-order valence-corrected chi connectivity index (χ1v) is 7.71. The molecule has 1 amide bonds. The Hall–Kier alpha value is -3.08. The molecule has 1 aliphatic heterocycles. The molecule has 0 unspecified atom stereocenters. The maximum atomic E-state index is 12.5. The molecule has 0 fully saturated rings. The minimum Gasteiger partial charge on any atom is -0.478 e. The van der Waals surface area contributed by atoms with E-state index in [1.54, 1.807) is 6.08 Å². The first-order chi connectivity index (χ1) is 11.6. The van der Waals surface area contributed by atoms with Gasteiger partial charge in [-0.25, -0.2) is 9.59 Å². The van der Waals surface area contributed by atoms with E-state index in [0.29, 0.717) is 0 Å². The van der Waals surface area contributed by atoms with Gasteiger partial charge in [0.05, 0.1) is 12.1 Å². The fraction of sp³-hybridized carbons (Fsp3) is 0.158. The van der Waals surface area contributed by atoms with E-state index in [9.17, 15) is 9.59 Å². The molecule has 0 atom stereocenters. The van der Waals surface area contributed by atoms with E-state index in [1.165, 1.54) is 4.90 Å². The number of rotatable bonds is 2. The number of nitrogens with zero attached hydrogens (tertiary/aromatic N) is 1. The van der Waals surface area contributed by atoms with Crippen molar-refractivity contribution in [3.8, 4) is 11.1 Å². The average Bonchev–Trinajstić information content (AvgIpc) is 3.20. The summed E-state index contributed by atoms with van der Waals surface area (Å²) in [7, 11) is 0. The van der Waals surface area contributed by atoms with Gasteiger partial charge in [0, 0.05) is 17.7 Å². The maximum absolute atomic E-state index is 12.5. The van der Waals surface area contributed by atoms with Gasteiger partial charge in [-0.05, 0) is 11.1 Å². The third-order valence-electron chi connectivity index (χ3n) is 4.45. The number of ether oxygens (including phenoxy) is 1. The van der Waals surface area contributed by atoms with Crippen LogP contribution in [0.25, 0.3) is 11.1 Å². The van der Waals surface area contributed by atoms with Crippen molar-refractivity contribution in [1.82, 2.24) is 4.90 Å². The topological polar surface area (TPSA) is 66.8 Å². The van der Waals surface area contributed by atoms with Gasteiger partial charge in [-0.15, -0.1) is 0 Å². The highest BCUT2D eigenvalue weighted by Crippen LogP contribution is 2.45. The van der Waals surface area contributed by atoms with Crippen molar-refractivity contribution >= 4 is 12.1 Å². The first-order valence-electron chi connectivity index (χ1n) is 7.71. The molecule has 2 aliphatic rings. The zero-order valence-electron chi connectivity index (χ0n) is 12.8. The monoisotopic (exact) mass is 321 g/mol. The summed E-state index contributed by atoms with van der Waals surface area (Å²) in [6.45, 7) is 0.334. The van der Waals surface area contributed by atoms with Crippen molar-refractivity contribution in [2.45, 2.75) is 6.10 Å². The summed E-state index contributed by atoms with van der Waals surface area (Å²) >= 11 is 0. The van der Waals surface area contributed by atoms with E-state index >= 15 is 0 Å². The molecule has 24 heavy (non-hydrogen) atoms. The Bertz CT molecular complexity index is 826. The number of carbonyl (C=O) groups is 2. The lowest BCUT2D eigenvalue weighted by Gasteiger charge is -2.20. The largest absolute Gasteiger partial charge is 0.478 e. The highest BCUT2D eigenvalue weighted by atomic mass is 16.6. The average molecular weight is 321 g/mol. The number of carbonyl (C=O) groups excluding carboxylic acids is 1. The molecule has 4 rings (SSSR count). The van der Waals surface area contributed by atoms with Gasteiger partial charge in [-0.3, -0.25) is 4.90 Å². The van der Waals surface area contributed by atoms with Crippen LogP contribution in [-0.2, 0) is 9.53 Å². The molecular weight excluding hydrogens is 306 g/mol. The van der Waals surface area contributed by atoms with Gasteiger partial charge in [0.2, 0.25) is 0 Å². The number of hydrogen-bond acceptors (Lipinski definition) is 3. The molecule has 2 aromatic rings. The minimum absolute atomic E-state index is 0.0736. The zero-order valence-corrected chi connectivity index (χ0v) is 12.8. The highest BCUT2D eigenvalue weighted by molar-refractivity contribution is 5.89. The zero-order chi connectivity index (χ0) is 16.7. The number of amides is 1. The Morgan fingerprint density at radius 2 is 1.58 bits per heavy atom. The van der Waals surface area contributed by atoms with Gasteiger partial charge in [0.25, 0.3) is 0 Å². The predicted octanol–water partition coefficient (Wildman–Crippen LogP) is 3.22. The third-order valence-corrected chi connectivity index (χ3v) is 4.45. The number of hydrogen-bond donors (Lipinski definition) is 1. The molecule has 2 aromatic carbocycles. The summed E-state index contributed by atoms with van der Waals surface area (Å²) in [5.74, 6) is -0.998. The van der Waals surface area contributed by atoms with Crippen molar-refractivity contribution < 1.29 is 19.4 Å². The van der Waals surface area contributed by atoms with Gasteiger partial charge < -0.3 is 9.84 Å². The lowest BCUT2D eigenvalue weighted by Crippen LogP contribution is -2.31. The van der Waals surface area contributed by atoms with Crippen LogP contribution in [0.5, 0.6) is 0 Å². The van der Waals surface area contributed by atoms with Crippen LogP contribution in [0.1, 0.15) is 17.2 Å². The number of carboxylic acid groups (broad SMARTS) is 1. The predicted molar refractivity (Wildman–Crippen MR) is 87.5 cm³/mol. The van der Waals surface area contributed by atoms with Gasteiger partial charge >= 0.3 is 12.1 Å². The quantitative estimate of drug-likeness (QED) is 0.922. The van der Waals surface area contributed by atoms with Crippen molar-refractivity contribution in [1.29, 1.82) is 0 Å². The second-order valence-corrected chi connectivity index (χ2v) is 5.85. The standard InChI is InChI=1S/C19H15NO4/c21-18(22)12-9-10-20(11-12)19(23)24-17-15-7-3-1-5-13(15)14-6-2-4-8-16(14)17/h1-9,17H,10-11H2,(H,21,22). The Labute approximate surface area is 138 Å². The Balaban J connectivity index is 1.59. The minimum atomic E-state index is -0.998. The number of benzene rings is 2. The first kappa shape index (κ1) is 14.5. The number of aliphatic carboxylic acids is 1.